The van der Waals surface area contributed by atoms with Gasteiger partial charge in [0.25, 0.3) is 5.91 Å². The monoisotopic (exact) mass is 581 g/mol. The molecule has 7 nitrogen and oxygen atoms in total. The van der Waals surface area contributed by atoms with Crippen molar-refractivity contribution in [2.24, 2.45) is 0 Å². The van der Waals surface area contributed by atoms with Gasteiger partial charge >= 0.3 is 6.18 Å². The summed E-state index contributed by atoms with van der Waals surface area (Å²) in [6, 6.07) is 11.5. The number of ether oxygens (including phenoxy) is 1. The number of piperazine rings is 1. The smallest absolute Gasteiger partial charge is 0.433 e. The fourth-order valence-corrected chi connectivity index (χ4v) is 4.88. The van der Waals surface area contributed by atoms with Crippen LogP contribution < -0.4 is 4.74 Å². The molecule has 0 atom stereocenters. The lowest BCUT2D eigenvalue weighted by atomic mass is 10.1. The van der Waals surface area contributed by atoms with Crippen LogP contribution in [0.3, 0.4) is 0 Å². The van der Waals surface area contributed by atoms with Gasteiger partial charge in [-0.05, 0) is 35.9 Å². The summed E-state index contributed by atoms with van der Waals surface area (Å²) in [7, 11) is 1.44. The van der Waals surface area contributed by atoms with Crippen molar-refractivity contribution >= 4 is 34.8 Å². The normalized spacial score (nSPS) is 14.7. The number of alkyl halides is 3. The molecular formula is C26H21Cl2F4N5O2. The second-order valence-electron chi connectivity index (χ2n) is 8.96. The van der Waals surface area contributed by atoms with Crippen LogP contribution in [0.2, 0.25) is 10.0 Å². The molecule has 0 aliphatic carbocycles. The molecule has 2 aromatic carbocycles. The SMILES string of the molecule is COc1cccc(-c2cc(C(F)(F)F)n3nc(C(=O)N4CCN(Cc5ccc(F)cc5Cl)CC4)c(Cl)c3n2)c1. The Labute approximate surface area is 230 Å². The standard InChI is InChI=1S/C26H21Cl2F4N5O2/c1-39-18-4-2-3-15(11-18)20-13-21(26(30,31)32)37-24(33-20)22(28)23(34-37)25(38)36-9-7-35(8-10-36)14-16-5-6-17(29)12-19(16)27/h2-6,11-13H,7-10,14H2,1H3. The summed E-state index contributed by atoms with van der Waals surface area (Å²) in [5.74, 6) is -0.581. The number of nitrogens with zero attached hydrogens (tertiary/aromatic N) is 5. The number of hydrogen-bond acceptors (Lipinski definition) is 5. The Balaban J connectivity index is 1.41. The molecule has 5 rings (SSSR count). The average molecular weight is 582 g/mol. The molecule has 0 radical (unpaired) electrons. The van der Waals surface area contributed by atoms with E-state index in [1.165, 1.54) is 24.1 Å². The van der Waals surface area contributed by atoms with Crippen molar-refractivity contribution in [3.63, 3.8) is 0 Å². The van der Waals surface area contributed by atoms with Gasteiger partial charge in [-0.15, -0.1) is 0 Å². The van der Waals surface area contributed by atoms with Gasteiger partial charge < -0.3 is 9.64 Å². The highest BCUT2D eigenvalue weighted by Gasteiger charge is 2.37. The Morgan fingerprint density at radius 3 is 2.46 bits per heavy atom. The Hall–Kier alpha value is -3.41. The summed E-state index contributed by atoms with van der Waals surface area (Å²) in [4.78, 5) is 21.1. The molecule has 0 unspecified atom stereocenters. The Morgan fingerprint density at radius 2 is 1.79 bits per heavy atom. The summed E-state index contributed by atoms with van der Waals surface area (Å²) < 4.78 is 61.2. The van der Waals surface area contributed by atoms with Crippen molar-refractivity contribution in [2.75, 3.05) is 33.3 Å². The molecule has 3 heterocycles. The third kappa shape index (κ3) is 5.52. The molecule has 0 spiro atoms. The van der Waals surface area contributed by atoms with E-state index in [1.807, 2.05) is 4.90 Å². The first-order chi connectivity index (χ1) is 18.5. The van der Waals surface area contributed by atoms with Gasteiger partial charge in [0, 0.05) is 43.3 Å². The van der Waals surface area contributed by atoms with Crippen LogP contribution in [-0.4, -0.2) is 63.6 Å². The van der Waals surface area contributed by atoms with Gasteiger partial charge in [-0.2, -0.15) is 18.3 Å². The maximum Gasteiger partial charge on any atom is 0.433 e. The van der Waals surface area contributed by atoms with E-state index in [0.717, 1.165) is 11.6 Å². The van der Waals surface area contributed by atoms with Crippen molar-refractivity contribution in [1.82, 2.24) is 24.4 Å². The molecule has 13 heteroatoms. The third-order valence-electron chi connectivity index (χ3n) is 6.46. The minimum absolute atomic E-state index is 0.00240. The second kappa shape index (κ2) is 10.6. The van der Waals surface area contributed by atoms with Gasteiger partial charge in [0.05, 0.1) is 12.8 Å². The number of amides is 1. The fraction of sp³-hybridized carbons (Fsp3) is 0.269. The Kier molecular flexibility index (Phi) is 7.41. The van der Waals surface area contributed by atoms with Crippen molar-refractivity contribution in [1.29, 1.82) is 0 Å². The quantitative estimate of drug-likeness (QED) is 0.278. The number of aromatic nitrogens is 3. The van der Waals surface area contributed by atoms with E-state index >= 15 is 0 Å². The fourth-order valence-electron chi connectivity index (χ4n) is 4.41. The number of fused-ring (bicyclic) bond motifs is 1. The topological polar surface area (TPSA) is 63.0 Å². The lowest BCUT2D eigenvalue weighted by Crippen LogP contribution is -2.48. The molecule has 2 aromatic heterocycles. The second-order valence-corrected chi connectivity index (χ2v) is 9.74. The lowest BCUT2D eigenvalue weighted by molar-refractivity contribution is -0.142. The highest BCUT2D eigenvalue weighted by molar-refractivity contribution is 6.36. The van der Waals surface area contributed by atoms with Crippen LogP contribution in [0.5, 0.6) is 5.75 Å². The summed E-state index contributed by atoms with van der Waals surface area (Å²) in [5, 5.41) is 3.99. The van der Waals surface area contributed by atoms with Crippen molar-refractivity contribution in [3.8, 4) is 17.0 Å². The van der Waals surface area contributed by atoms with Gasteiger partial charge in [0.1, 0.15) is 16.6 Å². The van der Waals surface area contributed by atoms with Crippen molar-refractivity contribution < 1.29 is 27.1 Å². The summed E-state index contributed by atoms with van der Waals surface area (Å²) in [5.41, 5.74) is -0.580. The molecule has 1 amide bonds. The molecule has 1 aliphatic rings. The zero-order valence-electron chi connectivity index (χ0n) is 20.5. The van der Waals surface area contributed by atoms with Crippen molar-refractivity contribution in [2.45, 2.75) is 12.7 Å². The summed E-state index contributed by atoms with van der Waals surface area (Å²) in [6.07, 6.45) is -4.79. The number of hydrogen-bond donors (Lipinski definition) is 0. The highest BCUT2D eigenvalue weighted by Crippen LogP contribution is 2.35. The Morgan fingerprint density at radius 1 is 1.05 bits per heavy atom. The van der Waals surface area contributed by atoms with E-state index in [1.54, 1.807) is 30.3 Å². The Bertz CT molecular complexity index is 1550. The van der Waals surface area contributed by atoms with Crippen LogP contribution in [-0.2, 0) is 12.7 Å². The van der Waals surface area contributed by atoms with Crippen LogP contribution in [0.15, 0.2) is 48.5 Å². The van der Waals surface area contributed by atoms with E-state index in [4.69, 9.17) is 27.9 Å². The van der Waals surface area contributed by atoms with Crippen molar-refractivity contribution in [3.05, 3.63) is 81.3 Å². The average Bonchev–Trinajstić information content (AvgIpc) is 3.25. The molecular weight excluding hydrogens is 561 g/mol. The number of carbonyl (C=O) groups is 1. The molecule has 39 heavy (non-hydrogen) atoms. The largest absolute Gasteiger partial charge is 0.497 e. The number of methoxy groups -OCH3 is 1. The predicted octanol–water partition coefficient (Wildman–Crippen LogP) is 5.83. The molecule has 0 bridgehead atoms. The number of rotatable bonds is 5. The highest BCUT2D eigenvalue weighted by atomic mass is 35.5. The van der Waals surface area contributed by atoms with E-state index in [2.05, 4.69) is 10.1 Å². The molecule has 1 aliphatic heterocycles. The zero-order chi connectivity index (χ0) is 27.9. The van der Waals surface area contributed by atoms with Gasteiger partial charge in [0.15, 0.2) is 17.0 Å². The summed E-state index contributed by atoms with van der Waals surface area (Å²) in [6.45, 7) is 1.97. The van der Waals surface area contributed by atoms with Gasteiger partial charge in [0.2, 0.25) is 0 Å². The number of benzene rings is 2. The minimum atomic E-state index is -4.79. The van der Waals surface area contributed by atoms with E-state index in [0.29, 0.717) is 40.5 Å². The van der Waals surface area contributed by atoms with Crippen LogP contribution in [0.1, 0.15) is 21.7 Å². The van der Waals surface area contributed by atoms with Crippen LogP contribution >= 0.6 is 23.2 Å². The van der Waals surface area contributed by atoms with Gasteiger partial charge in [-0.1, -0.05) is 41.4 Å². The maximum atomic E-state index is 14.0. The van der Waals surface area contributed by atoms with E-state index in [-0.39, 0.29) is 35.1 Å². The first kappa shape index (κ1) is 27.2. The molecule has 4 aromatic rings. The van der Waals surface area contributed by atoms with Crippen LogP contribution in [0.25, 0.3) is 16.9 Å². The van der Waals surface area contributed by atoms with E-state index < -0.39 is 23.6 Å². The first-order valence-corrected chi connectivity index (χ1v) is 12.6. The number of carbonyl (C=O) groups excluding carboxylic acids is 1. The van der Waals surface area contributed by atoms with Crippen LogP contribution in [0, 0.1) is 5.82 Å². The minimum Gasteiger partial charge on any atom is -0.497 e. The third-order valence-corrected chi connectivity index (χ3v) is 7.16. The number of halogens is 6. The molecule has 0 saturated carbocycles. The molecule has 1 saturated heterocycles. The molecule has 0 N–H and O–H groups in total. The zero-order valence-corrected chi connectivity index (χ0v) is 22.0. The molecule has 1 fully saturated rings. The van der Waals surface area contributed by atoms with Gasteiger partial charge in [-0.25, -0.2) is 13.9 Å². The molecule has 204 valence electrons. The first-order valence-electron chi connectivity index (χ1n) is 11.8. The van der Waals surface area contributed by atoms with Crippen LogP contribution in [0.4, 0.5) is 17.6 Å². The summed E-state index contributed by atoms with van der Waals surface area (Å²) >= 11 is 12.6. The van der Waals surface area contributed by atoms with Gasteiger partial charge in [-0.3, -0.25) is 9.69 Å². The predicted molar refractivity (Wildman–Crippen MR) is 138 cm³/mol. The maximum absolute atomic E-state index is 14.0. The lowest BCUT2D eigenvalue weighted by Gasteiger charge is -2.34. The van der Waals surface area contributed by atoms with E-state index in [9.17, 15) is 22.4 Å².